The summed E-state index contributed by atoms with van der Waals surface area (Å²) in [6.07, 6.45) is 12.1. The number of anilines is 1. The highest BCUT2D eigenvalue weighted by molar-refractivity contribution is 7.92. The first-order valence-electron chi connectivity index (χ1n) is 16.6. The highest BCUT2D eigenvalue weighted by Crippen LogP contribution is 2.41. The molecule has 0 radical (unpaired) electrons. The van der Waals surface area contributed by atoms with Crippen LogP contribution in [0.3, 0.4) is 0 Å². The lowest BCUT2D eigenvalue weighted by Crippen LogP contribution is -2.38. The number of carbonyl (C=O) groups excluding carboxylic acids is 2. The SMILES string of the molecule is CN=CC(C(=O)NS1(=O)=NC(=O)c2ccc3c(c2)N(Cc2ccc(Cl)cc2CCCCO3)C[C@@H]2CC[C@H]2C/C=C/C[C@H](C)C1)=C(N)OC. The van der Waals surface area contributed by atoms with Gasteiger partial charge in [0.2, 0.25) is 0 Å². The molecule has 2 bridgehead atoms. The van der Waals surface area contributed by atoms with E-state index in [0.717, 1.165) is 50.8 Å². The fraction of sp³-hybridized carbons (Fsp3) is 0.472. The first kappa shape index (κ1) is 35.5. The van der Waals surface area contributed by atoms with Crippen LogP contribution in [-0.4, -0.2) is 55.3 Å². The number of rotatable bonds is 4. The number of hydrogen-bond acceptors (Lipinski definition) is 8. The maximum atomic E-state index is 14.4. The first-order valence-corrected chi connectivity index (χ1v) is 18.7. The Bertz CT molecular complexity index is 1730. The van der Waals surface area contributed by atoms with Gasteiger partial charge in [-0.3, -0.25) is 19.3 Å². The molecule has 2 aromatic carbocycles. The second-order valence-corrected chi connectivity index (χ2v) is 15.4. The van der Waals surface area contributed by atoms with Gasteiger partial charge in [-0.15, -0.1) is 4.36 Å². The zero-order valence-corrected chi connectivity index (χ0v) is 29.5. The third-order valence-corrected chi connectivity index (χ3v) is 11.6. The fourth-order valence-corrected chi connectivity index (χ4v) is 8.62. The number of carbonyl (C=O) groups is 2. The summed E-state index contributed by atoms with van der Waals surface area (Å²) in [7, 11) is -0.813. The summed E-state index contributed by atoms with van der Waals surface area (Å²) in [5.74, 6) is -0.162. The van der Waals surface area contributed by atoms with Crippen LogP contribution in [0, 0.1) is 17.8 Å². The number of allylic oxidation sites excluding steroid dienone is 2. The molecule has 2 aromatic rings. The molecule has 1 unspecified atom stereocenters. The van der Waals surface area contributed by atoms with Crippen molar-refractivity contribution in [2.45, 2.75) is 58.4 Å². The van der Waals surface area contributed by atoms with Crippen molar-refractivity contribution >= 4 is 45.2 Å². The molecular formula is C36H46ClN5O5S. The van der Waals surface area contributed by atoms with E-state index in [9.17, 15) is 13.8 Å². The monoisotopic (exact) mass is 695 g/mol. The molecule has 258 valence electrons. The van der Waals surface area contributed by atoms with Gasteiger partial charge in [0.15, 0.2) is 5.88 Å². The molecule has 48 heavy (non-hydrogen) atoms. The normalized spacial score (nSPS) is 26.3. The van der Waals surface area contributed by atoms with E-state index in [1.165, 1.54) is 31.5 Å². The number of fused-ring (bicyclic) bond motifs is 3. The van der Waals surface area contributed by atoms with Crippen molar-refractivity contribution in [1.82, 2.24) is 4.72 Å². The summed E-state index contributed by atoms with van der Waals surface area (Å²) < 4.78 is 32.5. The molecule has 4 atom stereocenters. The Balaban J connectivity index is 1.61. The van der Waals surface area contributed by atoms with E-state index in [1.54, 1.807) is 18.2 Å². The number of amides is 2. The Morgan fingerprint density at radius 2 is 1.94 bits per heavy atom. The fourth-order valence-electron chi connectivity index (χ4n) is 6.54. The van der Waals surface area contributed by atoms with Crippen molar-refractivity contribution in [3.63, 3.8) is 0 Å². The van der Waals surface area contributed by atoms with Crippen LogP contribution < -0.4 is 20.1 Å². The molecule has 2 aliphatic heterocycles. The van der Waals surface area contributed by atoms with Gasteiger partial charge in [0.05, 0.1) is 25.2 Å². The summed E-state index contributed by atoms with van der Waals surface area (Å²) in [6.45, 7) is 3.88. The van der Waals surface area contributed by atoms with E-state index < -0.39 is 21.7 Å². The predicted molar refractivity (Wildman–Crippen MR) is 192 cm³/mol. The average Bonchev–Trinajstić information content (AvgIpc) is 3.07. The lowest BCUT2D eigenvalue weighted by Gasteiger charge is -2.41. The van der Waals surface area contributed by atoms with Gasteiger partial charge in [0.25, 0.3) is 11.8 Å². The smallest absolute Gasteiger partial charge is 0.286 e. The maximum Gasteiger partial charge on any atom is 0.286 e. The van der Waals surface area contributed by atoms with Crippen molar-refractivity contribution in [3.05, 3.63) is 81.7 Å². The Morgan fingerprint density at radius 3 is 2.69 bits per heavy atom. The number of nitrogens with two attached hydrogens (primary N) is 1. The van der Waals surface area contributed by atoms with Crippen LogP contribution in [-0.2, 0) is 32.4 Å². The number of methoxy groups -OCH3 is 1. The van der Waals surface area contributed by atoms with Crippen molar-refractivity contribution in [1.29, 1.82) is 0 Å². The minimum Gasteiger partial charge on any atom is -0.491 e. The number of halogens is 1. The van der Waals surface area contributed by atoms with Crippen LogP contribution in [0.25, 0.3) is 0 Å². The lowest BCUT2D eigenvalue weighted by atomic mass is 9.71. The van der Waals surface area contributed by atoms with Gasteiger partial charge in [0, 0.05) is 36.9 Å². The van der Waals surface area contributed by atoms with Gasteiger partial charge in [0.1, 0.15) is 21.2 Å². The highest BCUT2D eigenvalue weighted by atomic mass is 35.5. The molecule has 2 heterocycles. The molecule has 1 saturated carbocycles. The average molecular weight is 696 g/mol. The van der Waals surface area contributed by atoms with E-state index in [4.69, 9.17) is 26.8 Å². The number of ether oxygens (including phenoxy) is 2. The van der Waals surface area contributed by atoms with E-state index >= 15 is 0 Å². The van der Waals surface area contributed by atoms with Gasteiger partial charge >= 0.3 is 0 Å². The van der Waals surface area contributed by atoms with Gasteiger partial charge in [-0.1, -0.05) is 36.7 Å². The number of aryl methyl sites for hydroxylation is 1. The summed E-state index contributed by atoms with van der Waals surface area (Å²) in [6, 6.07) is 11.3. The number of nitrogens with one attached hydrogen (secondary N) is 1. The molecule has 10 nitrogen and oxygen atoms in total. The minimum atomic E-state index is -3.61. The molecule has 12 heteroatoms. The van der Waals surface area contributed by atoms with E-state index in [2.05, 4.69) is 43.3 Å². The minimum absolute atomic E-state index is 0.0379. The van der Waals surface area contributed by atoms with Crippen LogP contribution in [0.1, 0.15) is 66.9 Å². The zero-order chi connectivity index (χ0) is 34.3. The zero-order valence-electron chi connectivity index (χ0n) is 28.0. The van der Waals surface area contributed by atoms with Crippen molar-refractivity contribution < 1.29 is 23.3 Å². The van der Waals surface area contributed by atoms with Crippen LogP contribution in [0.5, 0.6) is 5.75 Å². The van der Waals surface area contributed by atoms with Crippen LogP contribution in [0.2, 0.25) is 5.02 Å². The quantitative estimate of drug-likeness (QED) is 0.168. The Hall–Kier alpha value is -3.83. The maximum absolute atomic E-state index is 14.4. The molecule has 0 aromatic heterocycles. The van der Waals surface area contributed by atoms with Crippen molar-refractivity contribution in [3.8, 4) is 5.75 Å². The number of nitrogens with zero attached hydrogens (tertiary/aromatic N) is 3. The highest BCUT2D eigenvalue weighted by Gasteiger charge is 2.33. The molecule has 3 N–H and O–H groups in total. The summed E-state index contributed by atoms with van der Waals surface area (Å²) in [5, 5.41) is 0.716. The predicted octanol–water partition coefficient (Wildman–Crippen LogP) is 6.23. The standard InChI is InChI=1S/C36H46ClN5O5S/c1-24-8-4-5-9-25-11-12-28(25)21-42-22-29-13-15-30(37)18-26(29)10-6-7-17-47-33-16-14-27(19-32(33)42)35(43)40-48(45,23-24)41-36(44)31(20-39-2)34(38)46-3/h4-5,13-16,18-20,24-25,28H,6-12,17,21-23,38H2,1-3H3,(H,40,41,43,44,45)/b5-4+,34-31?,39-20?/t24-,25+,28-,48?/m0/s1. The number of benzene rings is 2. The van der Waals surface area contributed by atoms with E-state index in [0.29, 0.717) is 42.2 Å². The molecular weight excluding hydrogens is 650 g/mol. The largest absolute Gasteiger partial charge is 0.491 e. The Labute approximate surface area is 289 Å². The molecule has 3 aliphatic rings. The molecule has 1 fully saturated rings. The van der Waals surface area contributed by atoms with Gasteiger partial charge in [-0.05, 0) is 104 Å². The molecule has 0 spiro atoms. The van der Waals surface area contributed by atoms with Gasteiger partial charge in [-0.25, -0.2) is 4.21 Å². The summed E-state index contributed by atoms with van der Waals surface area (Å²) in [4.78, 5) is 33.4. The van der Waals surface area contributed by atoms with Crippen molar-refractivity contribution in [2.75, 3.05) is 38.0 Å². The lowest BCUT2D eigenvalue weighted by molar-refractivity contribution is -0.115. The molecule has 0 saturated heterocycles. The van der Waals surface area contributed by atoms with Gasteiger partial charge < -0.3 is 20.1 Å². The van der Waals surface area contributed by atoms with Crippen LogP contribution in [0.15, 0.2) is 69.4 Å². The molecule has 1 aliphatic carbocycles. The topological polar surface area (TPSA) is 136 Å². The van der Waals surface area contributed by atoms with E-state index in [1.807, 2.05) is 13.0 Å². The molecule has 2 amide bonds. The van der Waals surface area contributed by atoms with E-state index in [-0.39, 0.29) is 28.7 Å². The second-order valence-electron chi connectivity index (χ2n) is 12.9. The number of hydrogen-bond donors (Lipinski definition) is 2. The summed E-state index contributed by atoms with van der Waals surface area (Å²) >= 11 is 6.43. The third kappa shape index (κ3) is 8.79. The van der Waals surface area contributed by atoms with Crippen molar-refractivity contribution in [2.24, 2.45) is 32.8 Å². The van der Waals surface area contributed by atoms with Crippen LogP contribution >= 0.6 is 11.6 Å². The first-order chi connectivity index (χ1) is 23.1. The Kier molecular flexibility index (Phi) is 11.9. The molecule has 5 rings (SSSR count). The summed E-state index contributed by atoms with van der Waals surface area (Å²) in [5.41, 5.74) is 9.22. The van der Waals surface area contributed by atoms with Crippen LogP contribution in [0.4, 0.5) is 5.69 Å². The second kappa shape index (κ2) is 16.0. The Morgan fingerprint density at radius 1 is 1.15 bits per heavy atom. The number of aliphatic imine (C=N–C) groups is 1. The third-order valence-electron chi connectivity index (χ3n) is 9.33. The van der Waals surface area contributed by atoms with Gasteiger partial charge in [-0.2, -0.15) is 0 Å².